The van der Waals surface area contributed by atoms with Crippen LogP contribution in [0.4, 0.5) is 24.5 Å². The number of rotatable bonds is 4. The Morgan fingerprint density at radius 1 is 1.21 bits per heavy atom. The zero-order valence-electron chi connectivity index (χ0n) is 12.9. The second-order valence-corrected chi connectivity index (χ2v) is 5.68. The summed E-state index contributed by atoms with van der Waals surface area (Å²) in [7, 11) is 1.47. The van der Waals surface area contributed by atoms with Gasteiger partial charge in [0.15, 0.2) is 0 Å². The standard InChI is InChI=1S/C17H16F3N3O/c1-21-16(24)11-4-2-3-5-13(11)23-15-8-14(10-6-7-10)22-9-12(15)17(18,19)20/h2-5,8-10H,6-7H2,1H3,(H,21,24)(H,22,23). The number of anilines is 2. The Balaban J connectivity index is 2.03. The Hall–Kier alpha value is -2.57. The number of pyridine rings is 1. The number of aromatic nitrogens is 1. The molecule has 3 rings (SSSR count). The van der Waals surface area contributed by atoms with E-state index in [2.05, 4.69) is 15.6 Å². The summed E-state index contributed by atoms with van der Waals surface area (Å²) < 4.78 is 39.8. The molecule has 0 bridgehead atoms. The quantitative estimate of drug-likeness (QED) is 0.885. The Kier molecular flexibility index (Phi) is 4.17. The predicted octanol–water partition coefficient (Wildman–Crippen LogP) is 4.08. The van der Waals surface area contributed by atoms with Gasteiger partial charge in [-0.15, -0.1) is 0 Å². The van der Waals surface area contributed by atoms with Crippen LogP contribution in [0.3, 0.4) is 0 Å². The summed E-state index contributed by atoms with van der Waals surface area (Å²) in [5.41, 5.74) is 0.297. The molecule has 7 heteroatoms. The van der Waals surface area contributed by atoms with E-state index >= 15 is 0 Å². The second-order valence-electron chi connectivity index (χ2n) is 5.68. The minimum Gasteiger partial charge on any atom is -0.355 e. The second kappa shape index (κ2) is 6.14. The van der Waals surface area contributed by atoms with Crippen LogP contribution in [0.25, 0.3) is 0 Å². The number of benzene rings is 1. The number of halogens is 3. The minimum atomic E-state index is -4.53. The molecule has 4 nitrogen and oxygen atoms in total. The van der Waals surface area contributed by atoms with Crippen molar-refractivity contribution < 1.29 is 18.0 Å². The van der Waals surface area contributed by atoms with Gasteiger partial charge in [-0.2, -0.15) is 13.2 Å². The Morgan fingerprint density at radius 3 is 2.54 bits per heavy atom. The highest BCUT2D eigenvalue weighted by Gasteiger charge is 2.36. The zero-order chi connectivity index (χ0) is 17.3. The molecule has 1 aromatic heterocycles. The molecule has 1 fully saturated rings. The predicted molar refractivity (Wildman–Crippen MR) is 84.3 cm³/mol. The molecule has 1 aromatic carbocycles. The largest absolute Gasteiger partial charge is 0.419 e. The molecule has 1 aliphatic carbocycles. The zero-order valence-corrected chi connectivity index (χ0v) is 12.9. The fraction of sp³-hybridized carbons (Fsp3) is 0.294. The van der Waals surface area contributed by atoms with Crippen molar-refractivity contribution in [1.82, 2.24) is 10.3 Å². The third-order valence-corrected chi connectivity index (χ3v) is 3.89. The summed E-state index contributed by atoms with van der Waals surface area (Å²) in [5, 5.41) is 5.24. The van der Waals surface area contributed by atoms with Crippen molar-refractivity contribution in [3.63, 3.8) is 0 Å². The number of nitrogens with one attached hydrogen (secondary N) is 2. The number of hydrogen-bond donors (Lipinski definition) is 2. The first kappa shape index (κ1) is 16.3. The van der Waals surface area contributed by atoms with Crippen molar-refractivity contribution in [2.24, 2.45) is 0 Å². The van der Waals surface area contributed by atoms with Gasteiger partial charge in [-0.05, 0) is 31.0 Å². The highest BCUT2D eigenvalue weighted by molar-refractivity contribution is 6.00. The summed E-state index contributed by atoms with van der Waals surface area (Å²) in [6.45, 7) is 0. The van der Waals surface area contributed by atoms with Gasteiger partial charge < -0.3 is 10.6 Å². The Morgan fingerprint density at radius 2 is 1.92 bits per heavy atom. The highest BCUT2D eigenvalue weighted by atomic mass is 19.4. The summed E-state index contributed by atoms with van der Waals surface area (Å²) in [5.74, 6) is -0.148. The van der Waals surface area contributed by atoms with Crippen LogP contribution in [-0.2, 0) is 6.18 Å². The maximum Gasteiger partial charge on any atom is 0.419 e. The summed E-state index contributed by atoms with van der Waals surface area (Å²) in [6.07, 6.45) is -1.79. The van der Waals surface area contributed by atoms with Gasteiger partial charge in [-0.1, -0.05) is 12.1 Å². The van der Waals surface area contributed by atoms with Crippen molar-refractivity contribution in [3.05, 3.63) is 53.3 Å². The summed E-state index contributed by atoms with van der Waals surface area (Å²) in [6, 6.07) is 7.87. The molecule has 0 spiro atoms. The summed E-state index contributed by atoms with van der Waals surface area (Å²) in [4.78, 5) is 15.8. The number of carbonyl (C=O) groups excluding carboxylic acids is 1. The number of nitrogens with zero attached hydrogens (tertiary/aromatic N) is 1. The monoisotopic (exact) mass is 335 g/mol. The highest BCUT2D eigenvalue weighted by Crippen LogP contribution is 2.43. The average Bonchev–Trinajstić information content (AvgIpc) is 3.38. The van der Waals surface area contributed by atoms with Gasteiger partial charge >= 0.3 is 6.18 Å². The van der Waals surface area contributed by atoms with E-state index in [-0.39, 0.29) is 23.1 Å². The molecule has 1 saturated carbocycles. The fourth-order valence-corrected chi connectivity index (χ4v) is 2.47. The molecule has 2 aromatic rings. The van der Waals surface area contributed by atoms with E-state index in [1.165, 1.54) is 13.1 Å². The number of carbonyl (C=O) groups is 1. The SMILES string of the molecule is CNC(=O)c1ccccc1Nc1cc(C2CC2)ncc1C(F)(F)F. The molecular weight excluding hydrogens is 319 g/mol. The smallest absolute Gasteiger partial charge is 0.355 e. The minimum absolute atomic E-state index is 0.0873. The van der Waals surface area contributed by atoms with Crippen LogP contribution in [0.5, 0.6) is 0 Å². The lowest BCUT2D eigenvalue weighted by atomic mass is 10.1. The first-order chi connectivity index (χ1) is 11.4. The first-order valence-electron chi connectivity index (χ1n) is 7.55. The van der Waals surface area contributed by atoms with Crippen LogP contribution in [0, 0.1) is 0 Å². The van der Waals surface area contributed by atoms with Crippen LogP contribution < -0.4 is 10.6 Å². The van der Waals surface area contributed by atoms with E-state index in [1.807, 2.05) is 0 Å². The van der Waals surface area contributed by atoms with Gasteiger partial charge in [-0.3, -0.25) is 9.78 Å². The van der Waals surface area contributed by atoms with Gasteiger partial charge in [0.25, 0.3) is 5.91 Å². The van der Waals surface area contributed by atoms with Gasteiger partial charge in [0.2, 0.25) is 0 Å². The molecule has 24 heavy (non-hydrogen) atoms. The first-order valence-corrected chi connectivity index (χ1v) is 7.55. The van der Waals surface area contributed by atoms with Crippen LogP contribution in [-0.4, -0.2) is 17.9 Å². The maximum absolute atomic E-state index is 13.3. The molecule has 0 unspecified atom stereocenters. The molecule has 2 N–H and O–H groups in total. The third-order valence-electron chi connectivity index (χ3n) is 3.89. The summed E-state index contributed by atoms with van der Waals surface area (Å²) >= 11 is 0. The van der Waals surface area contributed by atoms with E-state index in [9.17, 15) is 18.0 Å². The van der Waals surface area contributed by atoms with E-state index in [1.54, 1.807) is 24.3 Å². The van der Waals surface area contributed by atoms with Gasteiger partial charge in [0, 0.05) is 24.9 Å². The number of hydrogen-bond acceptors (Lipinski definition) is 3. The molecule has 0 atom stereocenters. The molecule has 0 saturated heterocycles. The average molecular weight is 335 g/mol. The molecule has 126 valence electrons. The molecule has 1 heterocycles. The molecule has 1 aliphatic rings. The van der Waals surface area contributed by atoms with Crippen molar-refractivity contribution in [2.75, 3.05) is 12.4 Å². The lowest BCUT2D eigenvalue weighted by Gasteiger charge is -2.17. The number of alkyl halides is 3. The van der Waals surface area contributed by atoms with Crippen LogP contribution >= 0.6 is 0 Å². The van der Waals surface area contributed by atoms with E-state index in [4.69, 9.17) is 0 Å². The molecule has 0 radical (unpaired) electrons. The van der Waals surface area contributed by atoms with Crippen molar-refractivity contribution in [2.45, 2.75) is 24.9 Å². The number of amides is 1. The number of para-hydroxylation sites is 1. The van der Waals surface area contributed by atoms with Crippen LogP contribution in [0.15, 0.2) is 36.5 Å². The van der Waals surface area contributed by atoms with E-state index in [0.717, 1.165) is 19.0 Å². The third kappa shape index (κ3) is 3.34. The van der Waals surface area contributed by atoms with Gasteiger partial charge in [0.1, 0.15) is 0 Å². The molecular formula is C17H16F3N3O. The van der Waals surface area contributed by atoms with Gasteiger partial charge in [-0.25, -0.2) is 0 Å². The van der Waals surface area contributed by atoms with E-state index < -0.39 is 11.7 Å². The van der Waals surface area contributed by atoms with Crippen molar-refractivity contribution in [1.29, 1.82) is 0 Å². The Bertz CT molecular complexity index is 770. The van der Waals surface area contributed by atoms with Crippen molar-refractivity contribution in [3.8, 4) is 0 Å². The van der Waals surface area contributed by atoms with Crippen molar-refractivity contribution >= 4 is 17.3 Å². The van der Waals surface area contributed by atoms with E-state index in [0.29, 0.717) is 11.4 Å². The Labute approximate surface area is 137 Å². The maximum atomic E-state index is 13.3. The normalized spacial score (nSPS) is 14.3. The van der Waals surface area contributed by atoms with Crippen LogP contribution in [0.1, 0.15) is 40.4 Å². The lowest BCUT2D eigenvalue weighted by molar-refractivity contribution is -0.137. The molecule has 1 amide bonds. The van der Waals surface area contributed by atoms with Crippen LogP contribution in [0.2, 0.25) is 0 Å². The fourth-order valence-electron chi connectivity index (χ4n) is 2.47. The lowest BCUT2D eigenvalue weighted by Crippen LogP contribution is -2.19. The molecule has 0 aliphatic heterocycles. The topological polar surface area (TPSA) is 54.0 Å². The van der Waals surface area contributed by atoms with Gasteiger partial charge in [0.05, 0.1) is 22.5 Å².